The second kappa shape index (κ2) is 5.65. The summed E-state index contributed by atoms with van der Waals surface area (Å²) in [5.74, 6) is 0.403. The van der Waals surface area contributed by atoms with Crippen LogP contribution in [-0.2, 0) is 0 Å². The number of amides is 2. The summed E-state index contributed by atoms with van der Waals surface area (Å²) in [6.45, 7) is 1.39. The predicted octanol–water partition coefficient (Wildman–Crippen LogP) is 1.76. The van der Waals surface area contributed by atoms with Gasteiger partial charge in [0.1, 0.15) is 18.0 Å². The Bertz CT molecular complexity index is 978. The van der Waals surface area contributed by atoms with Gasteiger partial charge in [0.2, 0.25) is 0 Å². The molecule has 8 nitrogen and oxygen atoms in total. The first kappa shape index (κ1) is 15.1. The number of hydrogen-bond acceptors (Lipinski definition) is 5. The Labute approximate surface area is 148 Å². The molecule has 3 aromatic rings. The summed E-state index contributed by atoms with van der Waals surface area (Å²) >= 11 is 0. The Morgan fingerprint density at radius 2 is 1.96 bits per heavy atom. The van der Waals surface area contributed by atoms with Crippen molar-refractivity contribution >= 4 is 23.2 Å². The average molecular weight is 353 g/mol. The van der Waals surface area contributed by atoms with Gasteiger partial charge in [0.15, 0.2) is 5.65 Å². The highest BCUT2D eigenvalue weighted by Crippen LogP contribution is 2.34. The van der Waals surface area contributed by atoms with Crippen molar-refractivity contribution in [3.8, 4) is 0 Å². The third-order valence-corrected chi connectivity index (χ3v) is 5.01. The van der Waals surface area contributed by atoms with Gasteiger partial charge in [0.25, 0.3) is 0 Å². The maximum atomic E-state index is 13.7. The van der Waals surface area contributed by atoms with Crippen molar-refractivity contribution in [1.29, 1.82) is 0 Å². The van der Waals surface area contributed by atoms with Crippen LogP contribution in [0.4, 0.5) is 20.7 Å². The lowest BCUT2D eigenvalue weighted by Crippen LogP contribution is -2.71. The normalized spacial score (nSPS) is 21.6. The molecule has 3 fully saturated rings. The average Bonchev–Trinajstić information content (AvgIpc) is 3.11. The molecule has 132 valence electrons. The standard InChI is InChI=1S/C17H16FN7O/c18-13-3-1-2-4-14(13)20-17(26)25-11-7-12(25)9-23(8-11)16-6-5-15-21-19-10-24(15)22-16/h1-6,10-12H,7-9H2,(H,20,26). The molecule has 0 aliphatic carbocycles. The molecule has 5 heterocycles. The second-order valence-corrected chi connectivity index (χ2v) is 6.59. The number of hydrogen-bond donors (Lipinski definition) is 1. The van der Waals surface area contributed by atoms with Crippen LogP contribution in [-0.4, -0.2) is 55.9 Å². The van der Waals surface area contributed by atoms with Gasteiger partial charge in [-0.1, -0.05) is 12.1 Å². The van der Waals surface area contributed by atoms with Gasteiger partial charge in [-0.3, -0.25) is 0 Å². The van der Waals surface area contributed by atoms with Crippen molar-refractivity contribution < 1.29 is 9.18 Å². The monoisotopic (exact) mass is 353 g/mol. The number of halogens is 1. The maximum Gasteiger partial charge on any atom is 0.322 e. The molecule has 3 aliphatic rings. The number of para-hydroxylation sites is 1. The van der Waals surface area contributed by atoms with Crippen LogP contribution >= 0.6 is 0 Å². The van der Waals surface area contributed by atoms with E-state index in [9.17, 15) is 9.18 Å². The number of anilines is 2. The van der Waals surface area contributed by atoms with Crippen LogP contribution in [0, 0.1) is 5.82 Å². The second-order valence-electron chi connectivity index (χ2n) is 6.59. The van der Waals surface area contributed by atoms with Crippen LogP contribution in [0.3, 0.4) is 0 Å². The summed E-state index contributed by atoms with van der Waals surface area (Å²) in [7, 11) is 0. The molecule has 2 amide bonds. The number of rotatable bonds is 2. The van der Waals surface area contributed by atoms with Crippen LogP contribution < -0.4 is 10.2 Å². The Kier molecular flexibility index (Phi) is 3.27. The molecular formula is C17H16FN7O. The zero-order valence-electron chi connectivity index (χ0n) is 13.8. The molecule has 9 heteroatoms. The molecule has 26 heavy (non-hydrogen) atoms. The smallest absolute Gasteiger partial charge is 0.322 e. The molecule has 1 aromatic carbocycles. The number of carbonyl (C=O) groups excluding carboxylic acids is 1. The molecule has 2 aromatic heterocycles. The van der Waals surface area contributed by atoms with E-state index in [1.54, 1.807) is 33.9 Å². The van der Waals surface area contributed by atoms with E-state index in [1.807, 2.05) is 12.1 Å². The van der Waals surface area contributed by atoms with E-state index < -0.39 is 5.82 Å². The number of carbonyl (C=O) groups is 1. The highest BCUT2D eigenvalue weighted by atomic mass is 19.1. The summed E-state index contributed by atoms with van der Waals surface area (Å²) < 4.78 is 15.4. The number of nitrogens with one attached hydrogen (secondary N) is 1. The molecule has 0 saturated carbocycles. The first-order valence-corrected chi connectivity index (χ1v) is 8.45. The number of piperidine rings is 1. The minimum Gasteiger partial charge on any atom is -0.351 e. The Balaban J connectivity index is 1.29. The lowest BCUT2D eigenvalue weighted by atomic mass is 9.88. The van der Waals surface area contributed by atoms with Gasteiger partial charge < -0.3 is 15.1 Å². The van der Waals surface area contributed by atoms with Crippen molar-refractivity contribution in [2.24, 2.45) is 0 Å². The number of urea groups is 1. The largest absolute Gasteiger partial charge is 0.351 e. The van der Waals surface area contributed by atoms with Crippen molar-refractivity contribution in [2.45, 2.75) is 18.5 Å². The van der Waals surface area contributed by atoms with Crippen LogP contribution in [0.1, 0.15) is 6.42 Å². The molecule has 2 bridgehead atoms. The molecule has 0 spiro atoms. The van der Waals surface area contributed by atoms with Gasteiger partial charge in [0, 0.05) is 13.1 Å². The van der Waals surface area contributed by atoms with Crippen molar-refractivity contribution in [3.05, 3.63) is 48.5 Å². The van der Waals surface area contributed by atoms with E-state index in [-0.39, 0.29) is 23.8 Å². The number of fused-ring (bicyclic) bond motifs is 3. The zero-order chi connectivity index (χ0) is 17.7. The fourth-order valence-corrected chi connectivity index (χ4v) is 3.76. The van der Waals surface area contributed by atoms with E-state index >= 15 is 0 Å². The molecule has 2 atom stereocenters. The number of benzene rings is 1. The predicted molar refractivity (Wildman–Crippen MR) is 92.4 cm³/mol. The molecule has 0 radical (unpaired) electrons. The van der Waals surface area contributed by atoms with Gasteiger partial charge in [0.05, 0.1) is 17.8 Å². The quantitative estimate of drug-likeness (QED) is 0.759. The highest BCUT2D eigenvalue weighted by molar-refractivity contribution is 5.90. The van der Waals surface area contributed by atoms with E-state index in [1.165, 1.54) is 6.07 Å². The van der Waals surface area contributed by atoms with Gasteiger partial charge in [-0.15, -0.1) is 15.3 Å². The van der Waals surface area contributed by atoms with E-state index in [0.29, 0.717) is 18.7 Å². The summed E-state index contributed by atoms with van der Waals surface area (Å²) in [6.07, 6.45) is 2.52. The lowest BCUT2D eigenvalue weighted by molar-refractivity contribution is 0.0435. The van der Waals surface area contributed by atoms with Crippen LogP contribution in [0.2, 0.25) is 0 Å². The Hall–Kier alpha value is -3.23. The minimum absolute atomic E-state index is 0.0962. The highest BCUT2D eigenvalue weighted by Gasteiger charge is 2.47. The topological polar surface area (TPSA) is 78.7 Å². The molecule has 2 unspecified atom stereocenters. The van der Waals surface area contributed by atoms with Gasteiger partial charge >= 0.3 is 6.03 Å². The van der Waals surface area contributed by atoms with Gasteiger partial charge in [-0.25, -0.2) is 9.18 Å². The minimum atomic E-state index is -0.431. The Morgan fingerprint density at radius 3 is 2.77 bits per heavy atom. The first-order chi connectivity index (χ1) is 12.7. The number of nitrogens with zero attached hydrogens (tertiary/aromatic N) is 6. The zero-order valence-corrected chi connectivity index (χ0v) is 13.8. The van der Waals surface area contributed by atoms with Crippen LogP contribution in [0.25, 0.3) is 5.65 Å². The van der Waals surface area contributed by atoms with Crippen molar-refractivity contribution in [3.63, 3.8) is 0 Å². The summed E-state index contributed by atoms with van der Waals surface area (Å²) in [5, 5.41) is 15.0. The molecular weight excluding hydrogens is 337 g/mol. The van der Waals surface area contributed by atoms with Gasteiger partial charge in [-0.2, -0.15) is 4.52 Å². The van der Waals surface area contributed by atoms with Gasteiger partial charge in [-0.05, 0) is 30.7 Å². The SMILES string of the molecule is O=C(Nc1ccccc1F)N1C2CC1CN(c1ccc3nncn3n1)C2. The van der Waals surface area contributed by atoms with Crippen molar-refractivity contribution in [1.82, 2.24) is 24.7 Å². The Morgan fingerprint density at radius 1 is 1.15 bits per heavy atom. The summed E-state index contributed by atoms with van der Waals surface area (Å²) in [4.78, 5) is 16.5. The fourth-order valence-electron chi connectivity index (χ4n) is 3.76. The fraction of sp³-hybridized carbons (Fsp3) is 0.294. The first-order valence-electron chi connectivity index (χ1n) is 8.45. The van der Waals surface area contributed by atoms with E-state index in [2.05, 4.69) is 25.5 Å². The third-order valence-electron chi connectivity index (χ3n) is 5.01. The van der Waals surface area contributed by atoms with Crippen molar-refractivity contribution in [2.75, 3.05) is 23.3 Å². The number of piperazine rings is 1. The molecule has 1 N–H and O–H groups in total. The molecule has 6 rings (SSSR count). The third kappa shape index (κ3) is 2.35. The number of aromatic nitrogens is 4. The summed E-state index contributed by atoms with van der Waals surface area (Å²) in [5.41, 5.74) is 0.904. The summed E-state index contributed by atoms with van der Waals surface area (Å²) in [6, 6.07) is 9.92. The van der Waals surface area contributed by atoms with Crippen LogP contribution in [0.15, 0.2) is 42.7 Å². The maximum absolute atomic E-state index is 13.7. The molecule has 3 aliphatic heterocycles. The lowest BCUT2D eigenvalue weighted by Gasteiger charge is -2.56. The van der Waals surface area contributed by atoms with Crippen LogP contribution in [0.5, 0.6) is 0 Å². The van der Waals surface area contributed by atoms with E-state index in [4.69, 9.17) is 0 Å². The van der Waals surface area contributed by atoms with E-state index in [0.717, 1.165) is 12.2 Å². The molecule has 3 saturated heterocycles.